The third-order valence-corrected chi connectivity index (χ3v) is 5.14. The summed E-state index contributed by atoms with van der Waals surface area (Å²) in [7, 11) is 0. The molecular weight excluding hydrogens is 364 g/mol. The van der Waals surface area contributed by atoms with Crippen LogP contribution in [-0.4, -0.2) is 38.5 Å². The van der Waals surface area contributed by atoms with Gasteiger partial charge >= 0.3 is 5.97 Å². The van der Waals surface area contributed by atoms with Crippen LogP contribution in [0.25, 0.3) is 0 Å². The first kappa shape index (κ1) is 17.3. The molecule has 1 amide bonds. The summed E-state index contributed by atoms with van der Waals surface area (Å²) in [5.74, 6) is 0.294. The Morgan fingerprint density at radius 2 is 1.67 bits per heavy atom. The molecule has 0 radical (unpaired) electrons. The number of fused-ring (bicyclic) bond motifs is 1. The number of nitrogens with one attached hydrogen (secondary N) is 1. The third kappa shape index (κ3) is 3.85. The maximum absolute atomic E-state index is 12.4. The summed E-state index contributed by atoms with van der Waals surface area (Å²) in [5.41, 5.74) is 1.04. The molecule has 0 aliphatic carbocycles. The van der Waals surface area contributed by atoms with Gasteiger partial charge in [0.25, 0.3) is 5.91 Å². The molecule has 3 aromatic rings. The van der Waals surface area contributed by atoms with Crippen molar-refractivity contribution in [1.82, 2.24) is 14.8 Å². The molecular formula is C19H16N4O3S. The van der Waals surface area contributed by atoms with Crippen molar-refractivity contribution in [3.05, 3.63) is 71.8 Å². The fraction of sp³-hybridized carbons (Fsp3) is 0.158. The van der Waals surface area contributed by atoms with Crippen molar-refractivity contribution >= 4 is 29.6 Å². The van der Waals surface area contributed by atoms with E-state index in [1.54, 1.807) is 53.1 Å². The van der Waals surface area contributed by atoms with Crippen molar-refractivity contribution < 1.29 is 14.3 Å². The van der Waals surface area contributed by atoms with Crippen LogP contribution in [0.4, 0.5) is 5.95 Å². The van der Waals surface area contributed by atoms with E-state index in [2.05, 4.69) is 15.5 Å². The predicted octanol–water partition coefficient (Wildman–Crippen LogP) is 2.86. The number of thioether (sulfide) groups is 1. The first-order chi connectivity index (χ1) is 13.2. The van der Waals surface area contributed by atoms with Gasteiger partial charge in [-0.3, -0.25) is 14.7 Å². The highest BCUT2D eigenvalue weighted by Crippen LogP contribution is 2.28. The molecule has 2 aromatic carbocycles. The van der Waals surface area contributed by atoms with Gasteiger partial charge in [0, 0.05) is 11.3 Å². The molecule has 4 rings (SSSR count). The van der Waals surface area contributed by atoms with Crippen LogP contribution >= 0.6 is 11.8 Å². The van der Waals surface area contributed by atoms with Crippen LogP contribution in [0.15, 0.2) is 65.8 Å². The normalized spacial score (nSPS) is 15.6. The molecule has 2 heterocycles. The van der Waals surface area contributed by atoms with Crippen LogP contribution in [0, 0.1) is 0 Å². The molecule has 0 bridgehead atoms. The van der Waals surface area contributed by atoms with E-state index in [0.29, 0.717) is 34.5 Å². The van der Waals surface area contributed by atoms with Gasteiger partial charge in [0.05, 0.1) is 12.1 Å². The average molecular weight is 380 g/mol. The van der Waals surface area contributed by atoms with E-state index in [-0.39, 0.29) is 18.0 Å². The molecule has 8 heteroatoms. The number of rotatable bonds is 4. The standard InChI is InChI=1S/C19H16N4O3S/c24-16(13-7-3-1-4-8-13)20-18-21-22-19-23(18)11-15(12-27-19)26-17(25)14-9-5-2-6-10-14/h1-10,15H,11-12H2,(H,20,21,24)/t15-/m1/s1. The summed E-state index contributed by atoms with van der Waals surface area (Å²) in [5, 5.41) is 11.6. The Labute approximate surface area is 159 Å². The lowest BCUT2D eigenvalue weighted by molar-refractivity contribution is 0.0305. The lowest BCUT2D eigenvalue weighted by Crippen LogP contribution is -2.30. The molecule has 1 N–H and O–H groups in total. The van der Waals surface area contributed by atoms with E-state index in [4.69, 9.17) is 4.74 Å². The van der Waals surface area contributed by atoms with E-state index in [1.165, 1.54) is 11.8 Å². The van der Waals surface area contributed by atoms with Crippen LogP contribution in [0.1, 0.15) is 20.7 Å². The van der Waals surface area contributed by atoms with Gasteiger partial charge in [0.15, 0.2) is 5.16 Å². The molecule has 0 saturated heterocycles. The number of anilines is 1. The molecule has 1 aliphatic rings. The van der Waals surface area contributed by atoms with Crippen LogP contribution in [0.2, 0.25) is 0 Å². The Kier molecular flexibility index (Phi) is 4.88. The first-order valence-electron chi connectivity index (χ1n) is 8.39. The highest BCUT2D eigenvalue weighted by atomic mass is 32.2. The Hall–Kier alpha value is -3.13. The number of benzene rings is 2. The summed E-state index contributed by atoms with van der Waals surface area (Å²) in [6.07, 6.45) is -0.335. The molecule has 0 unspecified atom stereocenters. The van der Waals surface area contributed by atoms with Crippen LogP contribution in [-0.2, 0) is 11.3 Å². The van der Waals surface area contributed by atoms with Gasteiger partial charge in [0.1, 0.15) is 6.10 Å². The molecule has 1 aliphatic heterocycles. The second kappa shape index (κ2) is 7.63. The summed E-state index contributed by atoms with van der Waals surface area (Å²) >= 11 is 1.44. The second-order valence-electron chi connectivity index (χ2n) is 5.94. The van der Waals surface area contributed by atoms with Crippen LogP contribution < -0.4 is 5.32 Å². The number of carbonyl (C=O) groups is 2. The molecule has 0 saturated carbocycles. The zero-order chi connectivity index (χ0) is 18.6. The topological polar surface area (TPSA) is 86.1 Å². The highest BCUT2D eigenvalue weighted by Gasteiger charge is 2.27. The number of ether oxygens (including phenoxy) is 1. The fourth-order valence-corrected chi connectivity index (χ4v) is 3.63. The molecule has 27 heavy (non-hydrogen) atoms. The molecule has 0 spiro atoms. The predicted molar refractivity (Wildman–Crippen MR) is 101 cm³/mol. The summed E-state index contributed by atoms with van der Waals surface area (Å²) in [4.78, 5) is 24.6. The van der Waals surface area contributed by atoms with Gasteiger partial charge < -0.3 is 4.74 Å². The molecule has 1 aromatic heterocycles. The number of nitrogens with zero attached hydrogens (tertiary/aromatic N) is 3. The van der Waals surface area contributed by atoms with Crippen molar-refractivity contribution in [2.75, 3.05) is 11.1 Å². The third-order valence-electron chi connectivity index (χ3n) is 4.05. The number of amides is 1. The summed E-state index contributed by atoms with van der Waals surface area (Å²) < 4.78 is 7.36. The van der Waals surface area contributed by atoms with E-state index in [9.17, 15) is 9.59 Å². The smallest absolute Gasteiger partial charge is 0.338 e. The maximum Gasteiger partial charge on any atom is 0.338 e. The van der Waals surface area contributed by atoms with Crippen LogP contribution in [0.5, 0.6) is 0 Å². The first-order valence-corrected chi connectivity index (χ1v) is 9.37. The highest BCUT2D eigenvalue weighted by molar-refractivity contribution is 7.99. The van der Waals surface area contributed by atoms with Gasteiger partial charge in [-0.05, 0) is 24.3 Å². The molecule has 1 atom stereocenters. The Morgan fingerprint density at radius 3 is 2.37 bits per heavy atom. The van der Waals surface area contributed by atoms with Crippen LogP contribution in [0.3, 0.4) is 0 Å². The zero-order valence-electron chi connectivity index (χ0n) is 14.2. The van der Waals surface area contributed by atoms with E-state index in [1.807, 2.05) is 12.1 Å². The molecule has 136 valence electrons. The Morgan fingerprint density at radius 1 is 1.00 bits per heavy atom. The van der Waals surface area contributed by atoms with Gasteiger partial charge in [0.2, 0.25) is 5.95 Å². The number of aromatic nitrogens is 3. The van der Waals surface area contributed by atoms with Gasteiger partial charge in [-0.25, -0.2) is 4.79 Å². The number of hydrogen-bond acceptors (Lipinski definition) is 6. The van der Waals surface area contributed by atoms with Crippen molar-refractivity contribution in [2.24, 2.45) is 0 Å². The van der Waals surface area contributed by atoms with Gasteiger partial charge in [-0.2, -0.15) is 0 Å². The minimum absolute atomic E-state index is 0.265. The summed E-state index contributed by atoms with van der Waals surface area (Å²) in [6.45, 7) is 0.387. The van der Waals surface area contributed by atoms with E-state index < -0.39 is 0 Å². The molecule has 0 fully saturated rings. The quantitative estimate of drug-likeness (QED) is 0.701. The Bertz CT molecular complexity index is 960. The maximum atomic E-state index is 12.4. The SMILES string of the molecule is O=C(Nc1nnc2n1C[C@@H](OC(=O)c1ccccc1)CS2)c1ccccc1. The van der Waals surface area contributed by atoms with Gasteiger partial charge in [-0.1, -0.05) is 48.2 Å². The number of esters is 1. The van der Waals surface area contributed by atoms with Gasteiger partial charge in [-0.15, -0.1) is 10.2 Å². The van der Waals surface area contributed by atoms with Crippen molar-refractivity contribution in [2.45, 2.75) is 17.8 Å². The number of hydrogen-bond donors (Lipinski definition) is 1. The van der Waals surface area contributed by atoms with E-state index >= 15 is 0 Å². The van der Waals surface area contributed by atoms with Crippen molar-refractivity contribution in [3.63, 3.8) is 0 Å². The summed E-state index contributed by atoms with van der Waals surface area (Å²) in [6, 6.07) is 17.7. The Balaban J connectivity index is 1.45. The lowest BCUT2D eigenvalue weighted by Gasteiger charge is -2.23. The zero-order valence-corrected chi connectivity index (χ0v) is 15.1. The fourth-order valence-electron chi connectivity index (χ4n) is 2.70. The average Bonchev–Trinajstić information content (AvgIpc) is 3.11. The van der Waals surface area contributed by atoms with E-state index in [0.717, 1.165) is 0 Å². The van der Waals surface area contributed by atoms with Crippen molar-refractivity contribution in [3.8, 4) is 0 Å². The minimum Gasteiger partial charge on any atom is -0.456 e. The molecule has 7 nitrogen and oxygen atoms in total. The monoisotopic (exact) mass is 380 g/mol. The second-order valence-corrected chi connectivity index (χ2v) is 6.93. The number of carbonyl (C=O) groups excluding carboxylic acids is 2. The largest absolute Gasteiger partial charge is 0.456 e. The lowest BCUT2D eigenvalue weighted by atomic mass is 10.2. The minimum atomic E-state index is -0.368. The van der Waals surface area contributed by atoms with Crippen molar-refractivity contribution in [1.29, 1.82) is 0 Å².